The highest BCUT2D eigenvalue weighted by Gasteiger charge is 2.29. The van der Waals surface area contributed by atoms with Gasteiger partial charge in [0.1, 0.15) is 15.9 Å². The van der Waals surface area contributed by atoms with Crippen molar-refractivity contribution in [3.63, 3.8) is 0 Å². The van der Waals surface area contributed by atoms with Crippen molar-refractivity contribution in [1.82, 2.24) is 10.2 Å². The summed E-state index contributed by atoms with van der Waals surface area (Å²) in [5.74, 6) is -1.26. The molecule has 2 fully saturated rings. The Bertz CT molecular complexity index is 1480. The highest BCUT2D eigenvalue weighted by atomic mass is 35.5. The standard InChI is InChI=1S/C18H26N2O4S.C13H16ClNO3S.C5H11NO/c1-2-24-18(23)16-13-7-3-4-8-14(13)25-17(16)19-15(22)11-20-9-5-6-12(21)10-20;1-2-18-13(17)11-8-5-3-4-6-9(8)19-12(11)15-10(16)7-14;7-5-2-1-3-6-4-5/h12,21H,2-11H2,1H3,(H,19,22);2-7H2,1H3,(H,15,16);5-7H,1-4H2. The van der Waals surface area contributed by atoms with E-state index in [1.54, 1.807) is 13.8 Å². The number of carbonyl (C=O) groups excluding carboxylic acids is 4. The summed E-state index contributed by atoms with van der Waals surface area (Å²) in [5.41, 5.74) is 3.17. The number of likely N-dealkylation sites (tertiary alicyclic amines) is 1. The minimum atomic E-state index is -0.356. The number of alkyl halides is 1. The number of piperidine rings is 2. The Labute approximate surface area is 313 Å². The Kier molecular flexibility index (Phi) is 17.1. The smallest absolute Gasteiger partial charge is 0.341 e. The molecule has 0 radical (unpaired) electrons. The zero-order chi connectivity index (χ0) is 36.8. The second-order valence-electron chi connectivity index (χ2n) is 13.0. The molecule has 2 aliphatic heterocycles. The number of carbonyl (C=O) groups is 4. The average molecular weight is 769 g/mol. The Balaban J connectivity index is 0.000000197. The van der Waals surface area contributed by atoms with Gasteiger partial charge in [0.15, 0.2) is 0 Å². The van der Waals surface area contributed by atoms with E-state index in [0.29, 0.717) is 40.9 Å². The summed E-state index contributed by atoms with van der Waals surface area (Å²) in [4.78, 5) is 52.7. The third kappa shape index (κ3) is 12.2. The largest absolute Gasteiger partial charge is 0.462 e. The van der Waals surface area contributed by atoms with Crippen molar-refractivity contribution in [3.8, 4) is 0 Å². The summed E-state index contributed by atoms with van der Waals surface area (Å²) >= 11 is 8.47. The number of nitrogens with zero attached hydrogens (tertiary/aromatic N) is 1. The normalized spacial score (nSPS) is 19.9. The lowest BCUT2D eigenvalue weighted by atomic mass is 9.95. The molecule has 5 N–H and O–H groups in total. The first-order valence-corrected chi connectivity index (χ1v) is 20.4. The molecule has 0 aromatic carbocycles. The fraction of sp³-hybridized carbons (Fsp3) is 0.667. The number of aryl methyl sites for hydroxylation is 2. The van der Waals surface area contributed by atoms with E-state index in [4.69, 9.17) is 26.2 Å². The lowest BCUT2D eigenvalue weighted by molar-refractivity contribution is -0.118. The number of aliphatic hydroxyl groups is 2. The number of thiophene rings is 2. The molecule has 51 heavy (non-hydrogen) atoms. The van der Waals surface area contributed by atoms with Gasteiger partial charge in [0.2, 0.25) is 11.8 Å². The van der Waals surface area contributed by atoms with E-state index in [-0.39, 0.29) is 48.4 Å². The van der Waals surface area contributed by atoms with Gasteiger partial charge >= 0.3 is 11.9 Å². The zero-order valence-electron chi connectivity index (χ0n) is 29.8. The molecule has 284 valence electrons. The van der Waals surface area contributed by atoms with Gasteiger partial charge in [-0.1, -0.05) is 0 Å². The summed E-state index contributed by atoms with van der Waals surface area (Å²) in [5, 5.41) is 28.5. The molecule has 0 spiro atoms. The molecule has 2 aliphatic carbocycles. The molecule has 2 saturated heterocycles. The van der Waals surface area contributed by atoms with E-state index in [0.717, 1.165) is 108 Å². The highest BCUT2D eigenvalue weighted by molar-refractivity contribution is 7.17. The molecule has 2 atom stereocenters. The van der Waals surface area contributed by atoms with Crippen molar-refractivity contribution in [2.75, 3.05) is 62.5 Å². The molecule has 2 aromatic rings. The minimum absolute atomic E-state index is 0.0752. The number of amides is 2. The lowest BCUT2D eigenvalue weighted by Crippen LogP contribution is -2.42. The summed E-state index contributed by atoms with van der Waals surface area (Å²) in [6, 6.07) is 0. The number of esters is 2. The van der Waals surface area contributed by atoms with Gasteiger partial charge in [-0.3, -0.25) is 14.5 Å². The number of β-amino-alcohol motifs (C(OH)–C–C–N with tert-alkyl or cyclic N) is 2. The van der Waals surface area contributed by atoms with Crippen LogP contribution < -0.4 is 16.0 Å². The molecule has 12 nitrogen and oxygen atoms in total. The molecular weight excluding hydrogens is 716 g/mol. The van der Waals surface area contributed by atoms with Gasteiger partial charge in [-0.15, -0.1) is 34.3 Å². The van der Waals surface area contributed by atoms with Crippen LogP contribution in [-0.4, -0.2) is 103 Å². The molecule has 4 aliphatic rings. The molecule has 2 aromatic heterocycles. The first-order chi connectivity index (χ1) is 24.6. The van der Waals surface area contributed by atoms with Gasteiger partial charge in [-0.25, -0.2) is 9.59 Å². The molecule has 0 saturated carbocycles. The molecule has 2 amide bonds. The molecular formula is C36H53ClN4O8S2. The maximum absolute atomic E-state index is 12.5. The number of aliphatic hydroxyl groups excluding tert-OH is 2. The SMILES string of the molecule is CCOC(=O)c1c(NC(=O)CCl)sc2c1CCCC2.CCOC(=O)c1c(NC(=O)CN2CCCC(O)C2)sc2c1CCCC2.OC1CCCNC1. The van der Waals surface area contributed by atoms with Crippen LogP contribution in [0.25, 0.3) is 0 Å². The second-order valence-corrected chi connectivity index (χ2v) is 15.5. The van der Waals surface area contributed by atoms with E-state index in [9.17, 15) is 24.3 Å². The third-order valence-corrected chi connectivity index (χ3v) is 11.7. The van der Waals surface area contributed by atoms with Crippen molar-refractivity contribution < 1.29 is 38.9 Å². The fourth-order valence-electron chi connectivity index (χ4n) is 6.68. The van der Waals surface area contributed by atoms with Crippen molar-refractivity contribution in [3.05, 3.63) is 32.0 Å². The van der Waals surface area contributed by atoms with E-state index in [1.807, 2.05) is 4.90 Å². The van der Waals surface area contributed by atoms with Gasteiger partial charge < -0.3 is 35.6 Å². The van der Waals surface area contributed by atoms with E-state index >= 15 is 0 Å². The number of nitrogens with one attached hydrogen (secondary N) is 3. The van der Waals surface area contributed by atoms with Crippen LogP contribution in [0.4, 0.5) is 10.0 Å². The van der Waals surface area contributed by atoms with Gasteiger partial charge in [0.25, 0.3) is 0 Å². The quantitative estimate of drug-likeness (QED) is 0.175. The maximum Gasteiger partial charge on any atom is 0.341 e. The summed E-state index contributed by atoms with van der Waals surface area (Å²) in [6.07, 6.45) is 11.4. The number of halogens is 1. The third-order valence-electron chi connectivity index (χ3n) is 9.05. The first kappa shape index (κ1) is 41.2. The van der Waals surface area contributed by atoms with Gasteiger partial charge in [0.05, 0.1) is 43.1 Å². The van der Waals surface area contributed by atoms with Gasteiger partial charge in [-0.05, 0) is 115 Å². The van der Waals surface area contributed by atoms with Crippen molar-refractivity contribution in [2.24, 2.45) is 0 Å². The van der Waals surface area contributed by atoms with Crippen molar-refractivity contribution in [1.29, 1.82) is 0 Å². The van der Waals surface area contributed by atoms with Gasteiger partial charge in [0, 0.05) is 22.8 Å². The summed E-state index contributed by atoms with van der Waals surface area (Å²) in [7, 11) is 0. The predicted octanol–water partition coefficient (Wildman–Crippen LogP) is 4.91. The Hall–Kier alpha value is -2.59. The molecule has 6 rings (SSSR count). The number of anilines is 2. The Morgan fingerprint density at radius 1 is 0.784 bits per heavy atom. The van der Waals surface area contributed by atoms with Crippen LogP contribution in [0.3, 0.4) is 0 Å². The van der Waals surface area contributed by atoms with Crippen LogP contribution in [0.1, 0.15) is 107 Å². The van der Waals surface area contributed by atoms with Crippen molar-refractivity contribution in [2.45, 2.75) is 103 Å². The molecule has 2 unspecified atom stereocenters. The topological polar surface area (TPSA) is 167 Å². The Morgan fingerprint density at radius 3 is 1.76 bits per heavy atom. The van der Waals surface area contributed by atoms with Crippen LogP contribution in [0.15, 0.2) is 0 Å². The zero-order valence-corrected chi connectivity index (χ0v) is 32.2. The predicted molar refractivity (Wildman–Crippen MR) is 202 cm³/mol. The maximum atomic E-state index is 12.5. The monoisotopic (exact) mass is 768 g/mol. The highest BCUT2D eigenvalue weighted by Crippen LogP contribution is 2.39. The first-order valence-electron chi connectivity index (χ1n) is 18.2. The van der Waals surface area contributed by atoms with Crippen LogP contribution in [0.2, 0.25) is 0 Å². The average Bonchev–Trinajstić information content (AvgIpc) is 3.66. The lowest BCUT2D eigenvalue weighted by Gasteiger charge is -2.29. The van der Waals surface area contributed by atoms with Crippen LogP contribution in [-0.2, 0) is 44.7 Å². The van der Waals surface area contributed by atoms with Crippen LogP contribution in [0.5, 0.6) is 0 Å². The number of hydrogen-bond donors (Lipinski definition) is 5. The summed E-state index contributed by atoms with van der Waals surface area (Å²) < 4.78 is 10.3. The van der Waals surface area contributed by atoms with E-state index in [2.05, 4.69) is 16.0 Å². The number of hydrogen-bond acceptors (Lipinski definition) is 12. The second kappa shape index (κ2) is 21.2. The van der Waals surface area contributed by atoms with Crippen molar-refractivity contribution >= 4 is 68.0 Å². The number of ether oxygens (including phenoxy) is 2. The molecule has 15 heteroatoms. The molecule has 0 bridgehead atoms. The van der Waals surface area contributed by atoms with Crippen LogP contribution >= 0.6 is 34.3 Å². The van der Waals surface area contributed by atoms with Gasteiger partial charge in [-0.2, -0.15) is 0 Å². The Morgan fingerprint density at radius 2 is 1.31 bits per heavy atom. The molecule has 4 heterocycles. The fourth-order valence-corrected chi connectivity index (χ4v) is 9.34. The number of rotatable bonds is 9. The summed E-state index contributed by atoms with van der Waals surface area (Å²) in [6.45, 7) is 7.66. The van der Waals surface area contributed by atoms with E-state index in [1.165, 1.54) is 32.4 Å². The van der Waals surface area contributed by atoms with Crippen LogP contribution in [0, 0.1) is 0 Å². The van der Waals surface area contributed by atoms with E-state index < -0.39 is 0 Å². The minimum Gasteiger partial charge on any atom is -0.462 e. The number of fused-ring (bicyclic) bond motifs is 2.